The molecule has 1 fully saturated rings. The van der Waals surface area contributed by atoms with Crippen molar-refractivity contribution in [2.75, 3.05) is 32.1 Å². The number of pyridine rings is 1. The van der Waals surface area contributed by atoms with Crippen molar-refractivity contribution in [1.29, 1.82) is 0 Å². The Hall–Kier alpha value is -2.07. The maximum atomic E-state index is 12.1. The summed E-state index contributed by atoms with van der Waals surface area (Å²) < 4.78 is 2.00. The first kappa shape index (κ1) is 15.5. The first-order valence-corrected chi connectivity index (χ1v) is 8.78. The number of hydrogen-bond acceptors (Lipinski definition) is 3. The van der Waals surface area contributed by atoms with Crippen LogP contribution in [0.25, 0.3) is 0 Å². The van der Waals surface area contributed by atoms with Gasteiger partial charge in [-0.05, 0) is 36.1 Å². The summed E-state index contributed by atoms with van der Waals surface area (Å²) in [5.74, 6) is 1.09. The number of hydrogen-bond donors (Lipinski definition) is 0. The summed E-state index contributed by atoms with van der Waals surface area (Å²) in [7, 11) is 4.14. The molecular formula is C20H25N3O. The smallest absolute Gasteiger partial charge is 0.250 e. The topological polar surface area (TPSA) is 28.5 Å². The summed E-state index contributed by atoms with van der Waals surface area (Å²) in [6, 6.07) is 14.6. The molecule has 4 heteroatoms. The van der Waals surface area contributed by atoms with E-state index in [9.17, 15) is 4.79 Å². The molecule has 24 heavy (non-hydrogen) atoms. The number of anilines is 1. The lowest BCUT2D eigenvalue weighted by molar-refractivity contribution is 0.114. The molecule has 2 atom stereocenters. The van der Waals surface area contributed by atoms with E-state index in [1.165, 1.54) is 23.4 Å². The van der Waals surface area contributed by atoms with Crippen molar-refractivity contribution in [2.45, 2.75) is 25.4 Å². The first-order chi connectivity index (χ1) is 11.6. The molecule has 1 saturated heterocycles. The minimum atomic E-state index is 0.162. The fourth-order valence-electron chi connectivity index (χ4n) is 4.28. The second-order valence-electron chi connectivity index (χ2n) is 7.45. The van der Waals surface area contributed by atoms with Crippen LogP contribution in [-0.2, 0) is 13.1 Å². The highest BCUT2D eigenvalue weighted by molar-refractivity contribution is 5.46. The zero-order chi connectivity index (χ0) is 16.7. The van der Waals surface area contributed by atoms with Crippen LogP contribution < -0.4 is 10.5 Å². The number of aromatic nitrogens is 1. The number of likely N-dealkylation sites (tertiary alicyclic amines) is 1. The molecule has 0 spiro atoms. The van der Waals surface area contributed by atoms with Crippen molar-refractivity contribution in [2.24, 2.45) is 5.92 Å². The van der Waals surface area contributed by atoms with Crippen LogP contribution in [0.1, 0.15) is 23.6 Å². The number of nitrogens with zero attached hydrogens (tertiary/aromatic N) is 3. The summed E-state index contributed by atoms with van der Waals surface area (Å²) >= 11 is 0. The van der Waals surface area contributed by atoms with E-state index in [-0.39, 0.29) is 5.56 Å². The molecule has 3 heterocycles. The van der Waals surface area contributed by atoms with Crippen molar-refractivity contribution in [3.05, 3.63) is 64.1 Å². The Kier molecular flexibility index (Phi) is 3.93. The maximum absolute atomic E-state index is 12.1. The van der Waals surface area contributed by atoms with Gasteiger partial charge in [0.2, 0.25) is 0 Å². The molecule has 4 nitrogen and oxygen atoms in total. The van der Waals surface area contributed by atoms with Crippen molar-refractivity contribution in [3.63, 3.8) is 0 Å². The van der Waals surface area contributed by atoms with Gasteiger partial charge in [-0.25, -0.2) is 0 Å². The number of piperidine rings is 1. The SMILES string of the molecule is CN(C)c1ccc(CN2C[C@H]3C[C@@H](C2)c2cccc(=O)n2C3)cc1. The van der Waals surface area contributed by atoms with Gasteiger partial charge in [0.1, 0.15) is 0 Å². The van der Waals surface area contributed by atoms with Gasteiger partial charge < -0.3 is 9.47 Å². The molecule has 2 aliphatic rings. The van der Waals surface area contributed by atoms with E-state index in [2.05, 4.69) is 54.2 Å². The van der Waals surface area contributed by atoms with Crippen molar-refractivity contribution < 1.29 is 0 Å². The third kappa shape index (κ3) is 2.86. The zero-order valence-corrected chi connectivity index (χ0v) is 14.5. The Bertz CT molecular complexity index is 778. The van der Waals surface area contributed by atoms with Crippen LogP contribution in [0, 0.1) is 5.92 Å². The fourth-order valence-corrected chi connectivity index (χ4v) is 4.28. The van der Waals surface area contributed by atoms with Gasteiger partial charge in [-0.2, -0.15) is 0 Å². The lowest BCUT2D eigenvalue weighted by atomic mass is 9.83. The lowest BCUT2D eigenvalue weighted by Gasteiger charge is -2.42. The third-order valence-electron chi connectivity index (χ3n) is 5.41. The van der Waals surface area contributed by atoms with Crippen molar-refractivity contribution >= 4 is 5.69 Å². The molecule has 0 unspecified atom stereocenters. The number of benzene rings is 1. The largest absolute Gasteiger partial charge is 0.378 e. The van der Waals surface area contributed by atoms with E-state index < -0.39 is 0 Å². The predicted molar refractivity (Wildman–Crippen MR) is 97.6 cm³/mol. The van der Waals surface area contributed by atoms with Crippen molar-refractivity contribution in [1.82, 2.24) is 9.47 Å². The second kappa shape index (κ2) is 6.10. The Morgan fingerprint density at radius 1 is 1.04 bits per heavy atom. The molecule has 0 saturated carbocycles. The molecule has 1 aromatic heterocycles. The van der Waals surface area contributed by atoms with Gasteiger partial charge in [0.25, 0.3) is 5.56 Å². The maximum Gasteiger partial charge on any atom is 0.250 e. The van der Waals surface area contributed by atoms with Gasteiger partial charge in [-0.1, -0.05) is 18.2 Å². The average molecular weight is 323 g/mol. The highest BCUT2D eigenvalue weighted by Gasteiger charge is 2.34. The fraction of sp³-hybridized carbons (Fsp3) is 0.450. The highest BCUT2D eigenvalue weighted by Crippen LogP contribution is 2.35. The molecule has 0 N–H and O–H groups in total. The van der Waals surface area contributed by atoms with Crippen LogP contribution in [0.2, 0.25) is 0 Å². The molecule has 1 aromatic carbocycles. The average Bonchev–Trinajstić information content (AvgIpc) is 2.56. The van der Waals surface area contributed by atoms with Gasteiger partial charge in [0.05, 0.1) is 0 Å². The summed E-state index contributed by atoms with van der Waals surface area (Å²) in [5, 5.41) is 0. The Balaban J connectivity index is 1.51. The molecule has 4 rings (SSSR count). The Morgan fingerprint density at radius 2 is 1.83 bits per heavy atom. The normalized spacial score (nSPS) is 22.9. The van der Waals surface area contributed by atoms with Gasteiger partial charge in [-0.15, -0.1) is 0 Å². The highest BCUT2D eigenvalue weighted by atomic mass is 16.1. The van der Waals surface area contributed by atoms with Gasteiger partial charge in [0.15, 0.2) is 0 Å². The number of rotatable bonds is 3. The zero-order valence-electron chi connectivity index (χ0n) is 14.5. The standard InChI is InChI=1S/C20H25N3O/c1-21(2)18-8-6-15(7-9-18)11-22-12-16-10-17(14-22)19-4-3-5-20(24)23(19)13-16/h3-9,16-17H,10-14H2,1-2H3/t16-,17+/m1/s1. The molecular weight excluding hydrogens is 298 g/mol. The summed E-state index contributed by atoms with van der Waals surface area (Å²) in [5.41, 5.74) is 4.00. The van der Waals surface area contributed by atoms with Gasteiger partial charge >= 0.3 is 0 Å². The van der Waals surface area contributed by atoms with E-state index in [0.717, 1.165) is 26.2 Å². The van der Waals surface area contributed by atoms with E-state index >= 15 is 0 Å². The first-order valence-electron chi connectivity index (χ1n) is 8.78. The Labute approximate surface area is 143 Å². The van der Waals surface area contributed by atoms with E-state index in [0.29, 0.717) is 11.8 Å². The van der Waals surface area contributed by atoms with Gasteiger partial charge in [0, 0.05) is 63.6 Å². The monoisotopic (exact) mass is 323 g/mol. The lowest BCUT2D eigenvalue weighted by Crippen LogP contribution is -2.46. The molecule has 126 valence electrons. The predicted octanol–water partition coefficient (Wildman–Crippen LogP) is 2.53. The van der Waals surface area contributed by atoms with Crippen LogP contribution in [0.5, 0.6) is 0 Å². The minimum Gasteiger partial charge on any atom is -0.378 e. The molecule has 2 aliphatic heterocycles. The summed E-state index contributed by atoms with van der Waals surface area (Å²) in [6.45, 7) is 4.02. The quantitative estimate of drug-likeness (QED) is 0.869. The molecule has 0 aliphatic carbocycles. The van der Waals surface area contributed by atoms with Crippen LogP contribution in [0.3, 0.4) is 0 Å². The van der Waals surface area contributed by atoms with E-state index in [4.69, 9.17) is 0 Å². The van der Waals surface area contributed by atoms with Crippen LogP contribution >= 0.6 is 0 Å². The molecule has 0 amide bonds. The van der Waals surface area contributed by atoms with Gasteiger partial charge in [-0.3, -0.25) is 9.69 Å². The summed E-state index contributed by atoms with van der Waals surface area (Å²) in [6.07, 6.45) is 1.22. The van der Waals surface area contributed by atoms with Crippen LogP contribution in [0.15, 0.2) is 47.3 Å². The Morgan fingerprint density at radius 3 is 2.58 bits per heavy atom. The van der Waals surface area contributed by atoms with E-state index in [1.54, 1.807) is 6.07 Å². The molecule has 2 aromatic rings. The minimum absolute atomic E-state index is 0.162. The van der Waals surface area contributed by atoms with Crippen LogP contribution in [0.4, 0.5) is 5.69 Å². The van der Waals surface area contributed by atoms with Crippen LogP contribution in [-0.4, -0.2) is 36.7 Å². The number of fused-ring (bicyclic) bond motifs is 4. The van der Waals surface area contributed by atoms with Crippen molar-refractivity contribution in [3.8, 4) is 0 Å². The second-order valence-corrected chi connectivity index (χ2v) is 7.45. The summed E-state index contributed by atoms with van der Waals surface area (Å²) in [4.78, 5) is 16.8. The third-order valence-corrected chi connectivity index (χ3v) is 5.41. The molecule has 0 radical (unpaired) electrons. The van der Waals surface area contributed by atoms with E-state index in [1.807, 2.05) is 10.6 Å². The molecule has 2 bridgehead atoms.